The van der Waals surface area contributed by atoms with Crippen molar-refractivity contribution in [2.24, 2.45) is 0 Å². The smallest absolute Gasteiger partial charge is 0.285 e. The number of aromatic nitrogens is 4. The van der Waals surface area contributed by atoms with Gasteiger partial charge in [0.25, 0.3) is 51.2 Å². The van der Waals surface area contributed by atoms with E-state index in [2.05, 4.69) is 20.4 Å². The Morgan fingerprint density at radius 3 is 0.912 bits per heavy atom. The standard InChI is InChI=1S/C16H9N6O8.C15H6N7O10.2Cu.4H2N/c1-8-2-4-10(12(6-8)20(25)26)14-16(22(29)30)15(18-17-14)11-5-3-9(19(23)24)7-13(11)21(27)28;23-18(24)7-1-3-9(11(5-7)20(27)28)13-15(22(31)32)14(17-16-13)10-4-2-8(19(25)26)6-12(10)21(29)30;;;;;;/h2-7H,1H3;1-6H;;;4*1H2/q2*-1;;;4*-1. The Hall–Kier alpha value is -9.22. The quantitative estimate of drug-likeness (QED) is 0.0590. The Morgan fingerprint density at radius 2 is 0.632 bits per heavy atom. The summed E-state index contributed by atoms with van der Waals surface area (Å²) in [5.74, 6) is 0. The van der Waals surface area contributed by atoms with E-state index < -0.39 is 129 Å². The first-order valence-corrected chi connectivity index (χ1v) is 16.0. The summed E-state index contributed by atoms with van der Waals surface area (Å²) in [6, 6.07) is 11.0. The largest absolute Gasteiger partial charge is 0.693 e. The molecule has 0 saturated heterocycles. The molecule has 0 atom stereocenters. The van der Waals surface area contributed by atoms with Crippen molar-refractivity contribution in [3.63, 3.8) is 0 Å². The van der Waals surface area contributed by atoms with Gasteiger partial charge >= 0.3 is 0 Å². The zero-order valence-electron chi connectivity index (χ0n) is 33.0. The molecule has 0 aliphatic rings. The molecule has 4 aromatic carbocycles. The van der Waals surface area contributed by atoms with Gasteiger partial charge in [-0.05, 0) is 48.1 Å². The number of nitro groups is 9. The van der Waals surface area contributed by atoms with Crippen molar-refractivity contribution in [1.29, 1.82) is 0 Å². The monoisotopic (exact) mass is 1050 g/mol. The maximum Gasteiger partial charge on any atom is 0.285 e. The number of hydrogen-bond acceptors (Lipinski definition) is 20. The van der Waals surface area contributed by atoms with E-state index in [4.69, 9.17) is 0 Å². The van der Waals surface area contributed by atoms with Gasteiger partial charge in [0.15, 0.2) is 0 Å². The van der Waals surface area contributed by atoms with Crippen LogP contribution in [0.2, 0.25) is 0 Å². The van der Waals surface area contributed by atoms with Crippen LogP contribution in [0.15, 0.2) is 72.8 Å². The summed E-state index contributed by atoms with van der Waals surface area (Å²) in [6.07, 6.45) is 0. The summed E-state index contributed by atoms with van der Waals surface area (Å²) in [4.78, 5) is 93.3. The van der Waals surface area contributed by atoms with Crippen molar-refractivity contribution in [1.82, 2.24) is 20.4 Å². The van der Waals surface area contributed by atoms with Gasteiger partial charge < -0.3 is 45.0 Å². The Bertz CT molecular complexity index is 2890. The number of non-ortho nitro benzene ring substituents is 3. The van der Waals surface area contributed by atoms with Crippen molar-refractivity contribution in [3.05, 3.63) is 194 Å². The van der Waals surface area contributed by atoms with Crippen molar-refractivity contribution in [3.8, 4) is 45.0 Å². The third kappa shape index (κ3) is 12.1. The van der Waals surface area contributed by atoms with Gasteiger partial charge in [-0.2, -0.15) is 0 Å². The second-order valence-corrected chi connectivity index (χ2v) is 11.9. The van der Waals surface area contributed by atoms with E-state index in [-0.39, 0.29) is 69.9 Å². The van der Waals surface area contributed by atoms with Crippen LogP contribution in [-0.4, -0.2) is 54.5 Å². The van der Waals surface area contributed by atoms with Gasteiger partial charge in [-0.3, -0.25) is 91.0 Å². The zero-order chi connectivity index (χ0) is 45.9. The number of aryl methyl sites for hydroxylation is 1. The van der Waals surface area contributed by atoms with Crippen LogP contribution < -0.4 is 10.2 Å². The molecule has 2 radical (unpaired) electrons. The average Bonchev–Trinajstić information content (AvgIpc) is 3.86. The molecule has 35 nitrogen and oxygen atoms in total. The molecule has 0 bridgehead atoms. The van der Waals surface area contributed by atoms with Crippen LogP contribution in [0, 0.1) is 98.0 Å². The predicted octanol–water partition coefficient (Wildman–Crippen LogP) is 9.09. The first kappa shape index (κ1) is 60.9. The van der Waals surface area contributed by atoms with E-state index in [1.807, 2.05) is 0 Å². The second kappa shape index (κ2) is 24.2. The molecule has 2 aromatic heterocycles. The van der Waals surface area contributed by atoms with Gasteiger partial charge in [0.1, 0.15) is 11.4 Å². The molecule has 6 rings (SSSR count). The predicted molar refractivity (Wildman–Crippen MR) is 223 cm³/mol. The summed E-state index contributed by atoms with van der Waals surface area (Å²) >= 11 is 0. The molecule has 37 heteroatoms. The third-order valence-electron chi connectivity index (χ3n) is 8.30. The maximum absolute atomic E-state index is 11.7. The molecule has 0 unspecified atom stereocenters. The molecule has 8 N–H and O–H groups in total. The van der Waals surface area contributed by atoms with Gasteiger partial charge in [-0.15, -0.1) is 0 Å². The fourth-order valence-corrected chi connectivity index (χ4v) is 5.63. The fourth-order valence-electron chi connectivity index (χ4n) is 5.63. The molecule has 6 aromatic rings. The Balaban J connectivity index is 0. The number of rotatable bonds is 13. The Morgan fingerprint density at radius 1 is 0.368 bits per heavy atom. The van der Waals surface area contributed by atoms with E-state index in [0.29, 0.717) is 23.8 Å². The number of nitrogens with zero attached hydrogens (tertiary/aromatic N) is 13. The molecule has 0 fully saturated rings. The topological polar surface area (TPSA) is 576 Å². The van der Waals surface area contributed by atoms with Crippen LogP contribution in [0.1, 0.15) is 5.56 Å². The van der Waals surface area contributed by atoms with Crippen LogP contribution in [0.5, 0.6) is 0 Å². The van der Waals surface area contributed by atoms with Gasteiger partial charge in [0.05, 0.1) is 73.6 Å². The molecule has 368 valence electrons. The molecule has 0 saturated carbocycles. The Labute approximate surface area is 394 Å². The van der Waals surface area contributed by atoms with Crippen molar-refractivity contribution < 1.29 is 78.4 Å². The van der Waals surface area contributed by atoms with E-state index in [0.717, 1.165) is 36.4 Å². The van der Waals surface area contributed by atoms with Crippen molar-refractivity contribution in [2.45, 2.75) is 6.92 Å². The summed E-state index contributed by atoms with van der Waals surface area (Å²) in [5, 5.41) is 116. The van der Waals surface area contributed by atoms with E-state index in [1.54, 1.807) is 6.92 Å². The molecule has 0 amide bonds. The first-order valence-electron chi connectivity index (χ1n) is 16.0. The molecule has 0 spiro atoms. The van der Waals surface area contributed by atoms with Crippen molar-refractivity contribution in [2.75, 3.05) is 0 Å². The number of nitrogens with two attached hydrogens (primary N) is 4. The summed E-state index contributed by atoms with van der Waals surface area (Å²) < 4.78 is 0. The molecular formula is C31H23Cu2N17O18-6. The Kier molecular flexibility index (Phi) is 21.6. The van der Waals surface area contributed by atoms with Gasteiger partial charge in [0.2, 0.25) is 0 Å². The maximum atomic E-state index is 11.7. The van der Waals surface area contributed by atoms with Crippen LogP contribution in [0.3, 0.4) is 0 Å². The van der Waals surface area contributed by atoms with Crippen LogP contribution in [0.25, 0.3) is 69.6 Å². The number of benzene rings is 4. The zero-order valence-corrected chi connectivity index (χ0v) is 34.9. The summed E-state index contributed by atoms with van der Waals surface area (Å²) in [7, 11) is 0. The molecule has 0 aliphatic carbocycles. The minimum Gasteiger partial charge on any atom is -0.693 e. The van der Waals surface area contributed by atoms with E-state index in [9.17, 15) is 91.0 Å². The SMILES string of the molecule is Cc1ccc(-c2n[n-]c(-c3ccc([N+](=O)[O-])cc3[N+](=O)[O-])c2[N+](=O)[O-])c([N+](=O)[O-])c1.O=[N+]([O-])c1ccc(-c2n[n-]c(-c3ccc([N+](=O)[O-])cc3[N+](=O)[O-])c2[N+](=O)[O-])c([N+](=O)[O-])c1.[Cu].[Cu].[NH2-].[NH2-].[NH2-].[NH2-]. The molecule has 0 aliphatic heterocycles. The second-order valence-electron chi connectivity index (χ2n) is 11.9. The molecule has 68 heavy (non-hydrogen) atoms. The average molecular weight is 1050 g/mol. The molecular weight excluding hydrogens is 1030 g/mol. The van der Waals surface area contributed by atoms with Gasteiger partial charge in [-0.1, -0.05) is 6.07 Å². The minimum absolute atomic E-state index is 0. The normalized spacial score (nSPS) is 9.60. The molecule has 2 heterocycles. The number of nitro benzene ring substituents is 7. The van der Waals surface area contributed by atoms with Gasteiger partial charge in [-0.25, -0.2) is 0 Å². The van der Waals surface area contributed by atoms with E-state index in [1.165, 1.54) is 18.2 Å². The third-order valence-corrected chi connectivity index (χ3v) is 8.30. The fraction of sp³-hybridized carbons (Fsp3) is 0.0323. The van der Waals surface area contributed by atoms with E-state index >= 15 is 0 Å². The van der Waals surface area contributed by atoms with Gasteiger partial charge in [0, 0.05) is 69.5 Å². The summed E-state index contributed by atoms with van der Waals surface area (Å²) in [6.45, 7) is 1.59. The van der Waals surface area contributed by atoms with Crippen LogP contribution in [0.4, 0.5) is 51.2 Å². The summed E-state index contributed by atoms with van der Waals surface area (Å²) in [5.41, 5.74) is -10.0. The minimum atomic E-state index is -1.04. The van der Waals surface area contributed by atoms with Crippen LogP contribution >= 0.6 is 0 Å². The van der Waals surface area contributed by atoms with Crippen LogP contribution in [-0.2, 0) is 34.1 Å². The van der Waals surface area contributed by atoms with Crippen molar-refractivity contribution >= 4 is 51.2 Å². The first-order chi connectivity index (χ1) is 29.1. The number of hydrogen-bond donors (Lipinski definition) is 0.